The number of ether oxygens (including phenoxy) is 1. The zero-order chi connectivity index (χ0) is 19.7. The molecule has 3 heterocycles. The van der Waals surface area contributed by atoms with Gasteiger partial charge in [0.2, 0.25) is 5.88 Å². The summed E-state index contributed by atoms with van der Waals surface area (Å²) >= 11 is 5.63. The fraction of sp³-hybridized carbons (Fsp3) is 0.333. The molecule has 148 valence electrons. The lowest BCUT2D eigenvalue weighted by Gasteiger charge is -2.30. The Labute approximate surface area is 168 Å². The van der Waals surface area contributed by atoms with Gasteiger partial charge in [0.05, 0.1) is 10.4 Å². The second-order valence-electron chi connectivity index (χ2n) is 6.78. The molecule has 2 aromatic heterocycles. The van der Waals surface area contributed by atoms with Gasteiger partial charge in [-0.3, -0.25) is 0 Å². The van der Waals surface area contributed by atoms with E-state index in [-0.39, 0.29) is 6.10 Å². The number of fused-ring (bicyclic) bond motifs is 1. The monoisotopic (exact) mass is 421 g/mol. The highest BCUT2D eigenvalue weighted by Gasteiger charge is 2.21. The zero-order valence-corrected chi connectivity index (χ0v) is 16.8. The van der Waals surface area contributed by atoms with E-state index in [1.54, 1.807) is 24.3 Å². The summed E-state index contributed by atoms with van der Waals surface area (Å²) in [4.78, 5) is 11.5. The van der Waals surface area contributed by atoms with Gasteiger partial charge in [-0.25, -0.2) is 23.4 Å². The molecular formula is C18H20ClN5O3S. The van der Waals surface area contributed by atoms with Gasteiger partial charge in [-0.15, -0.1) is 0 Å². The number of piperidine rings is 1. The lowest BCUT2D eigenvalue weighted by atomic mass is 10.1. The number of nitrogens with zero attached hydrogens (tertiary/aromatic N) is 4. The maximum absolute atomic E-state index is 11.8. The number of nitrogens with one attached hydrogen (secondary N) is 1. The first-order valence-electron chi connectivity index (χ1n) is 8.85. The van der Waals surface area contributed by atoms with Crippen LogP contribution in [0, 0.1) is 0 Å². The largest absolute Gasteiger partial charge is 0.474 e. The third-order valence-electron chi connectivity index (χ3n) is 4.81. The fourth-order valence-electron chi connectivity index (χ4n) is 3.31. The molecule has 0 saturated carbocycles. The maximum Gasteiger partial charge on any atom is 0.218 e. The molecule has 10 heteroatoms. The Morgan fingerprint density at radius 2 is 1.96 bits per heavy atom. The van der Waals surface area contributed by atoms with Gasteiger partial charge >= 0.3 is 0 Å². The van der Waals surface area contributed by atoms with Crippen molar-refractivity contribution in [1.82, 2.24) is 24.5 Å². The summed E-state index contributed by atoms with van der Waals surface area (Å²) in [5.41, 5.74) is 0.860. The summed E-state index contributed by atoms with van der Waals surface area (Å²) in [6.45, 7) is 1.61. The number of sulfone groups is 1. The molecule has 3 aromatic rings. The highest BCUT2D eigenvalue weighted by molar-refractivity contribution is 7.90. The predicted molar refractivity (Wildman–Crippen MR) is 106 cm³/mol. The van der Waals surface area contributed by atoms with Crippen LogP contribution in [-0.2, 0) is 9.84 Å². The van der Waals surface area contributed by atoms with Crippen LogP contribution in [0.5, 0.6) is 5.88 Å². The highest BCUT2D eigenvalue weighted by Crippen LogP contribution is 2.24. The molecule has 1 saturated heterocycles. The second-order valence-corrected chi connectivity index (χ2v) is 8.97. The van der Waals surface area contributed by atoms with Crippen LogP contribution >= 0.6 is 11.8 Å². The number of rotatable bonds is 5. The fourth-order valence-corrected chi connectivity index (χ4v) is 4.13. The van der Waals surface area contributed by atoms with Crippen molar-refractivity contribution in [3.8, 4) is 11.7 Å². The number of hydrogen-bond acceptors (Lipinski definition) is 7. The summed E-state index contributed by atoms with van der Waals surface area (Å²) in [5, 5.41) is 2.76. The van der Waals surface area contributed by atoms with Crippen LogP contribution in [-0.4, -0.2) is 53.4 Å². The minimum absolute atomic E-state index is 0.0720. The quantitative estimate of drug-likeness (QED) is 0.632. The molecule has 0 amide bonds. The first kappa shape index (κ1) is 19.1. The SMILES string of the molecule is CS(=O)(=O)c1ccc2c(ccn2-c2cc(OC3CCN(NCl)CC3)ncn2)c1. The highest BCUT2D eigenvalue weighted by atomic mass is 35.5. The Morgan fingerprint density at radius 3 is 2.68 bits per heavy atom. The predicted octanol–water partition coefficient (Wildman–Crippen LogP) is 2.33. The van der Waals surface area contributed by atoms with E-state index < -0.39 is 9.84 Å². The first-order chi connectivity index (χ1) is 13.4. The van der Waals surface area contributed by atoms with Crippen LogP contribution in [0.15, 0.2) is 47.8 Å². The average molecular weight is 422 g/mol. The molecule has 0 atom stereocenters. The number of hydrogen-bond donors (Lipinski definition) is 1. The molecule has 1 aliphatic rings. The smallest absolute Gasteiger partial charge is 0.218 e. The van der Waals surface area contributed by atoms with E-state index in [2.05, 4.69) is 14.9 Å². The average Bonchev–Trinajstić information content (AvgIpc) is 3.11. The van der Waals surface area contributed by atoms with Crippen LogP contribution in [0.1, 0.15) is 12.8 Å². The van der Waals surface area contributed by atoms with Gasteiger partial charge in [-0.1, -0.05) is 0 Å². The second kappa shape index (κ2) is 7.67. The Bertz CT molecular complexity index is 1090. The topological polar surface area (TPSA) is 89.4 Å². The molecule has 0 spiro atoms. The van der Waals surface area contributed by atoms with Crippen molar-refractivity contribution in [3.05, 3.63) is 42.9 Å². The Hall–Kier alpha value is -2.20. The molecule has 1 N–H and O–H groups in total. The maximum atomic E-state index is 11.8. The molecule has 1 fully saturated rings. The molecule has 0 radical (unpaired) electrons. The van der Waals surface area contributed by atoms with Gasteiger partial charge in [-0.2, -0.15) is 4.94 Å². The van der Waals surface area contributed by atoms with E-state index >= 15 is 0 Å². The van der Waals surface area contributed by atoms with Gasteiger partial charge in [0.25, 0.3) is 0 Å². The molecule has 1 aromatic carbocycles. The van der Waals surface area contributed by atoms with Crippen molar-refractivity contribution >= 4 is 32.5 Å². The molecule has 4 rings (SSSR count). The molecule has 1 aliphatic heterocycles. The lowest BCUT2D eigenvalue weighted by Crippen LogP contribution is -2.42. The van der Waals surface area contributed by atoms with Crippen molar-refractivity contribution < 1.29 is 13.2 Å². The van der Waals surface area contributed by atoms with E-state index in [1.165, 1.54) is 12.6 Å². The Kier molecular flexibility index (Phi) is 5.24. The van der Waals surface area contributed by atoms with Crippen LogP contribution < -0.4 is 9.68 Å². The van der Waals surface area contributed by atoms with Crippen molar-refractivity contribution in [1.29, 1.82) is 0 Å². The first-order valence-corrected chi connectivity index (χ1v) is 11.1. The van der Waals surface area contributed by atoms with Crippen molar-refractivity contribution in [2.24, 2.45) is 0 Å². The van der Waals surface area contributed by atoms with E-state index in [1.807, 2.05) is 21.8 Å². The van der Waals surface area contributed by atoms with Gasteiger partial charge in [-0.05, 0) is 48.9 Å². The molecule has 0 aliphatic carbocycles. The van der Waals surface area contributed by atoms with Crippen molar-refractivity contribution in [2.75, 3.05) is 19.3 Å². The van der Waals surface area contributed by atoms with E-state index in [9.17, 15) is 8.42 Å². The summed E-state index contributed by atoms with van der Waals surface area (Å²) < 4.78 is 31.4. The standard InChI is InChI=1S/C18H20ClN5O3S/c1-28(25,26)15-2-3-16-13(10-15)4-9-24(16)17-11-18(21-12-20-17)27-14-5-7-23(22-19)8-6-14/h2-4,9-12,14,22H,5-8H2,1H3. The van der Waals surface area contributed by atoms with E-state index in [0.717, 1.165) is 36.8 Å². The molecule has 0 unspecified atom stereocenters. The van der Waals surface area contributed by atoms with Crippen LogP contribution in [0.25, 0.3) is 16.7 Å². The van der Waals surface area contributed by atoms with Gasteiger partial charge in [0, 0.05) is 37.0 Å². The normalized spacial score (nSPS) is 16.5. The van der Waals surface area contributed by atoms with Crippen molar-refractivity contribution in [3.63, 3.8) is 0 Å². The third kappa shape index (κ3) is 3.97. The van der Waals surface area contributed by atoms with E-state index in [0.29, 0.717) is 16.6 Å². The number of aromatic nitrogens is 3. The summed E-state index contributed by atoms with van der Waals surface area (Å²) in [7, 11) is -3.25. The number of benzene rings is 1. The zero-order valence-electron chi connectivity index (χ0n) is 15.2. The van der Waals surface area contributed by atoms with Crippen molar-refractivity contribution in [2.45, 2.75) is 23.8 Å². The molecule has 0 bridgehead atoms. The summed E-state index contributed by atoms with van der Waals surface area (Å²) in [5.74, 6) is 1.17. The van der Waals surface area contributed by atoms with E-state index in [4.69, 9.17) is 16.5 Å². The van der Waals surface area contributed by atoms with Crippen LogP contribution in [0.4, 0.5) is 0 Å². The van der Waals surface area contributed by atoms with Crippen LogP contribution in [0.2, 0.25) is 0 Å². The van der Waals surface area contributed by atoms with Gasteiger partial charge in [0.15, 0.2) is 9.84 Å². The number of hydrazine groups is 1. The molecule has 28 heavy (non-hydrogen) atoms. The van der Waals surface area contributed by atoms with Gasteiger partial charge in [0.1, 0.15) is 18.2 Å². The Balaban J connectivity index is 1.58. The van der Waals surface area contributed by atoms with Crippen LogP contribution in [0.3, 0.4) is 0 Å². The Morgan fingerprint density at radius 1 is 1.18 bits per heavy atom. The van der Waals surface area contributed by atoms with Gasteiger partial charge < -0.3 is 9.30 Å². The number of halogens is 1. The summed E-state index contributed by atoms with van der Waals surface area (Å²) in [6, 6.07) is 8.70. The molecular weight excluding hydrogens is 402 g/mol. The molecule has 8 nitrogen and oxygen atoms in total. The lowest BCUT2D eigenvalue weighted by molar-refractivity contribution is 0.0862. The minimum atomic E-state index is -3.25. The minimum Gasteiger partial charge on any atom is -0.474 e. The third-order valence-corrected chi connectivity index (χ3v) is 6.16. The summed E-state index contributed by atoms with van der Waals surface area (Å²) in [6.07, 6.45) is 6.29.